The van der Waals surface area contributed by atoms with E-state index < -0.39 is 6.04 Å². The standard InChI is InChI=1S/C22H26Cl2N2O3/c1-15-6-10-19(11-7-15)29-12-4-5-21(27)26(16(2)22(28)25-3)14-17-8-9-18(23)13-20(17)24/h6-11,13,16H,4-5,12,14H2,1-3H3,(H,25,28)/t16-/m1/s1. The molecule has 0 radical (unpaired) electrons. The highest BCUT2D eigenvalue weighted by atomic mass is 35.5. The van der Waals surface area contributed by atoms with Crippen LogP contribution in [-0.2, 0) is 16.1 Å². The minimum atomic E-state index is -0.628. The fourth-order valence-corrected chi connectivity index (χ4v) is 3.28. The van der Waals surface area contributed by atoms with Crippen LogP contribution in [0.1, 0.15) is 30.9 Å². The van der Waals surface area contributed by atoms with Gasteiger partial charge in [0.1, 0.15) is 11.8 Å². The molecule has 0 aliphatic rings. The summed E-state index contributed by atoms with van der Waals surface area (Å²) in [6, 6.07) is 12.2. The van der Waals surface area contributed by atoms with E-state index in [-0.39, 0.29) is 24.8 Å². The van der Waals surface area contributed by atoms with Gasteiger partial charge in [-0.15, -0.1) is 0 Å². The lowest BCUT2D eigenvalue weighted by Crippen LogP contribution is -2.46. The molecule has 5 nitrogen and oxygen atoms in total. The number of ether oxygens (including phenoxy) is 1. The average Bonchev–Trinajstić information content (AvgIpc) is 2.70. The summed E-state index contributed by atoms with van der Waals surface area (Å²) in [4.78, 5) is 26.5. The molecule has 2 aromatic carbocycles. The maximum absolute atomic E-state index is 12.9. The molecule has 2 amide bonds. The SMILES string of the molecule is CNC(=O)[C@@H](C)N(Cc1ccc(Cl)cc1Cl)C(=O)CCCOc1ccc(C)cc1. The van der Waals surface area contributed by atoms with Crippen LogP contribution in [0.2, 0.25) is 10.0 Å². The first-order valence-corrected chi connectivity index (χ1v) is 10.2. The Balaban J connectivity index is 2.00. The van der Waals surface area contributed by atoms with Crippen molar-refractivity contribution in [2.24, 2.45) is 0 Å². The number of hydrogen-bond acceptors (Lipinski definition) is 3. The zero-order valence-corrected chi connectivity index (χ0v) is 18.4. The molecule has 0 saturated carbocycles. The minimum absolute atomic E-state index is 0.139. The summed E-state index contributed by atoms with van der Waals surface area (Å²) in [5.74, 6) is 0.394. The maximum Gasteiger partial charge on any atom is 0.242 e. The lowest BCUT2D eigenvalue weighted by Gasteiger charge is -2.28. The number of nitrogens with zero attached hydrogens (tertiary/aromatic N) is 1. The first-order chi connectivity index (χ1) is 13.8. The quantitative estimate of drug-likeness (QED) is 0.583. The van der Waals surface area contributed by atoms with Crippen molar-refractivity contribution in [3.8, 4) is 5.75 Å². The number of rotatable bonds is 9. The van der Waals surface area contributed by atoms with Gasteiger partial charge < -0.3 is 15.0 Å². The Morgan fingerprint density at radius 2 is 1.83 bits per heavy atom. The van der Waals surface area contributed by atoms with Gasteiger partial charge in [0.15, 0.2) is 0 Å². The molecule has 29 heavy (non-hydrogen) atoms. The molecule has 0 saturated heterocycles. The van der Waals surface area contributed by atoms with Crippen LogP contribution in [0.15, 0.2) is 42.5 Å². The summed E-state index contributed by atoms with van der Waals surface area (Å²) in [5.41, 5.74) is 1.89. The van der Waals surface area contributed by atoms with E-state index >= 15 is 0 Å². The lowest BCUT2D eigenvalue weighted by atomic mass is 10.1. The molecular weight excluding hydrogens is 411 g/mol. The third kappa shape index (κ3) is 6.94. The Labute approximate surface area is 181 Å². The van der Waals surface area contributed by atoms with Gasteiger partial charge in [-0.25, -0.2) is 0 Å². The number of carbonyl (C=O) groups excluding carboxylic acids is 2. The Morgan fingerprint density at radius 3 is 2.45 bits per heavy atom. The highest BCUT2D eigenvalue weighted by Gasteiger charge is 2.25. The van der Waals surface area contributed by atoms with Crippen LogP contribution in [0, 0.1) is 6.92 Å². The molecule has 156 valence electrons. The average molecular weight is 437 g/mol. The summed E-state index contributed by atoms with van der Waals surface area (Å²) in [5, 5.41) is 3.57. The van der Waals surface area contributed by atoms with Gasteiger partial charge in [-0.1, -0.05) is 47.0 Å². The van der Waals surface area contributed by atoms with Crippen molar-refractivity contribution in [3.05, 3.63) is 63.6 Å². The van der Waals surface area contributed by atoms with Gasteiger partial charge in [0.25, 0.3) is 0 Å². The van der Waals surface area contributed by atoms with Crippen molar-refractivity contribution < 1.29 is 14.3 Å². The molecule has 0 spiro atoms. The summed E-state index contributed by atoms with van der Waals surface area (Å²) < 4.78 is 5.69. The summed E-state index contributed by atoms with van der Waals surface area (Å²) in [7, 11) is 1.55. The molecule has 0 unspecified atom stereocenters. The number of aryl methyl sites for hydroxylation is 1. The first-order valence-electron chi connectivity index (χ1n) is 9.46. The number of carbonyl (C=O) groups is 2. The van der Waals surface area contributed by atoms with Crippen molar-refractivity contribution in [2.75, 3.05) is 13.7 Å². The smallest absolute Gasteiger partial charge is 0.242 e. The van der Waals surface area contributed by atoms with Crippen LogP contribution in [0.5, 0.6) is 5.75 Å². The Morgan fingerprint density at radius 1 is 1.14 bits per heavy atom. The fraction of sp³-hybridized carbons (Fsp3) is 0.364. The molecule has 0 bridgehead atoms. The van der Waals surface area contributed by atoms with Crippen molar-refractivity contribution in [1.29, 1.82) is 0 Å². The number of nitrogens with one attached hydrogen (secondary N) is 1. The number of benzene rings is 2. The predicted octanol–water partition coefficient (Wildman–Crippen LogP) is 4.62. The zero-order valence-electron chi connectivity index (χ0n) is 16.9. The molecule has 0 aromatic heterocycles. The number of likely N-dealkylation sites (N-methyl/N-ethyl adjacent to an activating group) is 1. The fourth-order valence-electron chi connectivity index (χ4n) is 2.82. The van der Waals surface area contributed by atoms with E-state index in [2.05, 4.69) is 5.32 Å². The zero-order chi connectivity index (χ0) is 21.4. The van der Waals surface area contributed by atoms with E-state index in [0.29, 0.717) is 23.1 Å². The van der Waals surface area contributed by atoms with Crippen LogP contribution in [0.25, 0.3) is 0 Å². The normalized spacial score (nSPS) is 11.6. The third-order valence-electron chi connectivity index (χ3n) is 4.59. The van der Waals surface area contributed by atoms with E-state index in [1.165, 1.54) is 4.90 Å². The molecule has 2 aromatic rings. The summed E-state index contributed by atoms with van der Waals surface area (Å²) in [6.07, 6.45) is 0.802. The van der Waals surface area contributed by atoms with Crippen molar-refractivity contribution in [3.63, 3.8) is 0 Å². The van der Waals surface area contributed by atoms with Crippen LogP contribution < -0.4 is 10.1 Å². The van der Waals surface area contributed by atoms with Gasteiger partial charge in [0, 0.05) is 30.1 Å². The molecule has 0 fully saturated rings. The van der Waals surface area contributed by atoms with Gasteiger partial charge in [-0.2, -0.15) is 0 Å². The molecule has 1 atom stereocenters. The van der Waals surface area contributed by atoms with E-state index in [1.807, 2.05) is 31.2 Å². The monoisotopic (exact) mass is 436 g/mol. The van der Waals surface area contributed by atoms with Crippen LogP contribution >= 0.6 is 23.2 Å². The van der Waals surface area contributed by atoms with Crippen LogP contribution in [0.3, 0.4) is 0 Å². The van der Waals surface area contributed by atoms with Gasteiger partial charge in [0.2, 0.25) is 11.8 Å². The molecule has 0 aliphatic heterocycles. The van der Waals surface area contributed by atoms with E-state index in [4.69, 9.17) is 27.9 Å². The van der Waals surface area contributed by atoms with Gasteiger partial charge in [0.05, 0.1) is 6.61 Å². The van der Waals surface area contributed by atoms with E-state index in [9.17, 15) is 9.59 Å². The van der Waals surface area contributed by atoms with Crippen LogP contribution in [0.4, 0.5) is 0 Å². The topological polar surface area (TPSA) is 58.6 Å². The summed E-state index contributed by atoms with van der Waals surface area (Å²) in [6.45, 7) is 4.35. The van der Waals surface area contributed by atoms with E-state index in [0.717, 1.165) is 16.9 Å². The number of halogens is 2. The maximum atomic E-state index is 12.9. The van der Waals surface area contributed by atoms with E-state index in [1.54, 1.807) is 32.2 Å². The molecule has 2 rings (SSSR count). The number of hydrogen-bond donors (Lipinski definition) is 1. The second-order valence-electron chi connectivity index (χ2n) is 6.81. The predicted molar refractivity (Wildman–Crippen MR) is 116 cm³/mol. The first kappa shape index (κ1) is 23.0. The second-order valence-corrected chi connectivity index (χ2v) is 7.66. The molecule has 1 N–H and O–H groups in total. The molecular formula is C22H26Cl2N2O3. The number of amides is 2. The van der Waals surface area contributed by atoms with Gasteiger partial charge >= 0.3 is 0 Å². The second kappa shape index (κ2) is 11.1. The van der Waals surface area contributed by atoms with Gasteiger partial charge in [-0.3, -0.25) is 9.59 Å². The van der Waals surface area contributed by atoms with Gasteiger partial charge in [-0.05, 0) is 50.1 Å². The molecule has 0 heterocycles. The van der Waals surface area contributed by atoms with Crippen molar-refractivity contribution in [1.82, 2.24) is 10.2 Å². The van der Waals surface area contributed by atoms with Crippen molar-refractivity contribution in [2.45, 2.75) is 39.3 Å². The van der Waals surface area contributed by atoms with Crippen LogP contribution in [-0.4, -0.2) is 36.4 Å². The highest BCUT2D eigenvalue weighted by molar-refractivity contribution is 6.35. The molecule has 7 heteroatoms. The minimum Gasteiger partial charge on any atom is -0.494 e. The Hall–Kier alpha value is -2.24. The Kier molecular flexibility index (Phi) is 8.80. The Bertz CT molecular complexity index is 840. The van der Waals surface area contributed by atoms with Crippen molar-refractivity contribution >= 4 is 35.0 Å². The largest absolute Gasteiger partial charge is 0.494 e. The third-order valence-corrected chi connectivity index (χ3v) is 5.18. The lowest BCUT2D eigenvalue weighted by molar-refractivity contribution is -0.140. The summed E-state index contributed by atoms with van der Waals surface area (Å²) >= 11 is 12.2. The molecule has 0 aliphatic carbocycles. The highest BCUT2D eigenvalue weighted by Crippen LogP contribution is 2.23.